The molecule has 0 saturated carbocycles. The third-order valence-corrected chi connectivity index (χ3v) is 4.28. The van der Waals surface area contributed by atoms with E-state index in [-0.39, 0.29) is 6.61 Å². The second-order valence-electron chi connectivity index (χ2n) is 6.33. The SMILES string of the molecule is O=C(OC/C=C/c1ccccc1)c1ccccc1Nc1cnc2ccccc2n1. The number of fused-ring (bicyclic) bond motifs is 1. The predicted octanol–water partition coefficient (Wildman–Crippen LogP) is 5.24. The molecule has 0 aliphatic rings. The van der Waals surface area contributed by atoms with Crippen molar-refractivity contribution in [3.63, 3.8) is 0 Å². The maximum absolute atomic E-state index is 12.5. The van der Waals surface area contributed by atoms with Crippen LogP contribution in [0.25, 0.3) is 17.1 Å². The van der Waals surface area contributed by atoms with Gasteiger partial charge in [0, 0.05) is 0 Å². The highest BCUT2D eigenvalue weighted by atomic mass is 16.5. The Labute approximate surface area is 168 Å². The van der Waals surface area contributed by atoms with Gasteiger partial charge in [0.2, 0.25) is 0 Å². The van der Waals surface area contributed by atoms with Crippen molar-refractivity contribution in [3.05, 3.63) is 102 Å². The van der Waals surface area contributed by atoms with Crippen molar-refractivity contribution in [1.82, 2.24) is 9.97 Å². The van der Waals surface area contributed by atoms with Crippen LogP contribution in [-0.2, 0) is 4.74 Å². The number of carbonyl (C=O) groups is 1. The van der Waals surface area contributed by atoms with E-state index in [2.05, 4.69) is 15.3 Å². The van der Waals surface area contributed by atoms with Crippen molar-refractivity contribution in [2.75, 3.05) is 11.9 Å². The van der Waals surface area contributed by atoms with Gasteiger partial charge < -0.3 is 10.1 Å². The van der Waals surface area contributed by atoms with Crippen LogP contribution < -0.4 is 5.32 Å². The number of nitrogens with one attached hydrogen (secondary N) is 1. The Bertz CT molecular complexity index is 1160. The van der Waals surface area contributed by atoms with Gasteiger partial charge in [0.15, 0.2) is 0 Å². The number of nitrogens with zero attached hydrogens (tertiary/aromatic N) is 2. The first kappa shape index (κ1) is 18.4. The van der Waals surface area contributed by atoms with E-state index in [1.165, 1.54) is 0 Å². The first-order chi connectivity index (χ1) is 14.3. The summed E-state index contributed by atoms with van der Waals surface area (Å²) in [6.07, 6.45) is 5.38. The van der Waals surface area contributed by atoms with Crippen molar-refractivity contribution in [2.45, 2.75) is 0 Å². The van der Waals surface area contributed by atoms with Crippen LogP contribution >= 0.6 is 0 Å². The molecule has 0 saturated heterocycles. The number of esters is 1. The summed E-state index contributed by atoms with van der Waals surface area (Å²) in [5, 5.41) is 3.17. The second kappa shape index (κ2) is 8.80. The third kappa shape index (κ3) is 4.65. The van der Waals surface area contributed by atoms with Crippen LogP contribution in [0.5, 0.6) is 0 Å². The number of anilines is 2. The number of aromatic nitrogens is 2. The monoisotopic (exact) mass is 381 g/mol. The molecule has 1 heterocycles. The summed E-state index contributed by atoms with van der Waals surface area (Å²) in [7, 11) is 0. The molecule has 5 nitrogen and oxygen atoms in total. The van der Waals surface area contributed by atoms with Gasteiger partial charge in [-0.15, -0.1) is 0 Å². The van der Waals surface area contributed by atoms with Crippen molar-refractivity contribution in [3.8, 4) is 0 Å². The molecule has 0 atom stereocenters. The Kier molecular flexibility index (Phi) is 5.58. The minimum absolute atomic E-state index is 0.192. The summed E-state index contributed by atoms with van der Waals surface area (Å²) in [6.45, 7) is 0.192. The second-order valence-corrected chi connectivity index (χ2v) is 6.33. The zero-order valence-electron chi connectivity index (χ0n) is 15.7. The van der Waals surface area contributed by atoms with Crippen molar-refractivity contribution >= 4 is 34.6 Å². The van der Waals surface area contributed by atoms with Gasteiger partial charge in [-0.25, -0.2) is 9.78 Å². The molecule has 0 radical (unpaired) electrons. The van der Waals surface area contributed by atoms with Crippen LogP contribution in [0.3, 0.4) is 0 Å². The number of ether oxygens (including phenoxy) is 1. The van der Waals surface area contributed by atoms with Crippen molar-refractivity contribution < 1.29 is 9.53 Å². The molecule has 0 spiro atoms. The van der Waals surface area contributed by atoms with Crippen LogP contribution in [-0.4, -0.2) is 22.5 Å². The Morgan fingerprint density at radius 1 is 0.897 bits per heavy atom. The zero-order valence-corrected chi connectivity index (χ0v) is 15.7. The highest BCUT2D eigenvalue weighted by molar-refractivity contribution is 5.96. The van der Waals surface area contributed by atoms with Gasteiger partial charge in [-0.2, -0.15) is 0 Å². The molecule has 0 aliphatic heterocycles. The fourth-order valence-corrected chi connectivity index (χ4v) is 2.88. The van der Waals surface area contributed by atoms with Gasteiger partial charge in [0.25, 0.3) is 0 Å². The first-order valence-electron chi connectivity index (χ1n) is 9.26. The van der Waals surface area contributed by atoms with E-state index in [0.29, 0.717) is 17.1 Å². The summed E-state index contributed by atoms with van der Waals surface area (Å²) >= 11 is 0. The van der Waals surface area contributed by atoms with Gasteiger partial charge in [-0.3, -0.25) is 4.98 Å². The number of carbonyl (C=O) groups excluding carboxylic acids is 1. The lowest BCUT2D eigenvalue weighted by molar-refractivity contribution is 0.0551. The number of rotatable bonds is 6. The van der Waals surface area contributed by atoms with E-state index in [1.54, 1.807) is 18.3 Å². The maximum atomic E-state index is 12.5. The summed E-state index contributed by atoms with van der Waals surface area (Å²) in [5.74, 6) is 0.160. The normalized spacial score (nSPS) is 10.9. The molecule has 1 N–H and O–H groups in total. The summed E-state index contributed by atoms with van der Waals surface area (Å²) in [6, 6.07) is 24.7. The summed E-state index contributed by atoms with van der Waals surface area (Å²) < 4.78 is 5.40. The zero-order chi connectivity index (χ0) is 19.9. The van der Waals surface area contributed by atoms with Gasteiger partial charge in [-0.05, 0) is 35.9 Å². The van der Waals surface area contributed by atoms with Crippen molar-refractivity contribution in [2.24, 2.45) is 0 Å². The lowest BCUT2D eigenvalue weighted by atomic mass is 10.2. The topological polar surface area (TPSA) is 64.1 Å². The van der Waals surface area contributed by atoms with Gasteiger partial charge in [0.05, 0.1) is 28.5 Å². The minimum Gasteiger partial charge on any atom is -0.458 e. The molecule has 4 rings (SSSR count). The average Bonchev–Trinajstić information content (AvgIpc) is 2.77. The van der Waals surface area contributed by atoms with E-state index in [9.17, 15) is 4.79 Å². The molecule has 1 aromatic heterocycles. The summed E-state index contributed by atoms with van der Waals surface area (Å²) in [5.41, 5.74) is 3.71. The van der Waals surface area contributed by atoms with E-state index >= 15 is 0 Å². The lowest BCUT2D eigenvalue weighted by Crippen LogP contribution is -2.08. The number of para-hydroxylation sites is 3. The quantitative estimate of drug-likeness (QED) is 0.463. The Morgan fingerprint density at radius 2 is 1.62 bits per heavy atom. The molecule has 3 aromatic carbocycles. The Hall–Kier alpha value is -3.99. The van der Waals surface area contributed by atoms with Gasteiger partial charge in [-0.1, -0.05) is 60.7 Å². The minimum atomic E-state index is -0.403. The van der Waals surface area contributed by atoms with Gasteiger partial charge in [0.1, 0.15) is 12.4 Å². The number of benzene rings is 3. The predicted molar refractivity (Wildman–Crippen MR) is 115 cm³/mol. The van der Waals surface area contributed by atoms with Crippen LogP contribution in [0.4, 0.5) is 11.5 Å². The summed E-state index contributed by atoms with van der Waals surface area (Å²) in [4.78, 5) is 21.5. The van der Waals surface area contributed by atoms with E-state index in [1.807, 2.05) is 78.9 Å². The van der Waals surface area contributed by atoms with Crippen LogP contribution in [0.1, 0.15) is 15.9 Å². The average molecular weight is 381 g/mol. The maximum Gasteiger partial charge on any atom is 0.340 e. The van der Waals surface area contributed by atoms with Crippen LogP contribution in [0.2, 0.25) is 0 Å². The molecule has 0 aliphatic carbocycles. The third-order valence-electron chi connectivity index (χ3n) is 4.28. The molecule has 0 bridgehead atoms. The fourth-order valence-electron chi connectivity index (χ4n) is 2.88. The molecule has 142 valence electrons. The highest BCUT2D eigenvalue weighted by Gasteiger charge is 2.12. The van der Waals surface area contributed by atoms with Crippen molar-refractivity contribution in [1.29, 1.82) is 0 Å². The van der Waals surface area contributed by atoms with E-state index < -0.39 is 5.97 Å². The molecule has 5 heteroatoms. The molecule has 0 fully saturated rings. The van der Waals surface area contributed by atoms with Gasteiger partial charge >= 0.3 is 5.97 Å². The molecule has 29 heavy (non-hydrogen) atoms. The standard InChI is InChI=1S/C24H19N3O2/c28-24(29-16-8-11-18-9-2-1-3-10-18)19-12-4-5-13-20(19)26-23-17-25-21-14-6-7-15-22(21)27-23/h1-15,17H,16H2,(H,26,27)/b11-8+. The molecule has 0 unspecified atom stereocenters. The molecule has 0 amide bonds. The Morgan fingerprint density at radius 3 is 2.48 bits per heavy atom. The largest absolute Gasteiger partial charge is 0.458 e. The van der Waals surface area contributed by atoms with Crippen LogP contribution in [0, 0.1) is 0 Å². The van der Waals surface area contributed by atoms with E-state index in [0.717, 1.165) is 16.6 Å². The number of hydrogen-bond donors (Lipinski definition) is 1. The fraction of sp³-hybridized carbons (Fsp3) is 0.0417. The highest BCUT2D eigenvalue weighted by Crippen LogP contribution is 2.21. The van der Waals surface area contributed by atoms with Crippen LogP contribution in [0.15, 0.2) is 91.1 Å². The Balaban J connectivity index is 1.45. The first-order valence-corrected chi connectivity index (χ1v) is 9.26. The smallest absolute Gasteiger partial charge is 0.340 e. The molecular formula is C24H19N3O2. The molecule has 4 aromatic rings. The van der Waals surface area contributed by atoms with E-state index in [4.69, 9.17) is 4.74 Å². The number of hydrogen-bond acceptors (Lipinski definition) is 5. The molecular weight excluding hydrogens is 362 g/mol. The lowest BCUT2D eigenvalue weighted by Gasteiger charge is -2.11.